The van der Waals surface area contributed by atoms with Crippen molar-refractivity contribution in [2.24, 2.45) is 21.6 Å². The molecule has 0 aromatic heterocycles. The molecule has 0 radical (unpaired) electrons. The van der Waals surface area contributed by atoms with Crippen molar-refractivity contribution in [1.29, 1.82) is 0 Å². The SMILES string of the molecule is C=N/C(C(C)=O)=C(\C)N=C(CC=CC(C(C)=O)N(C)C)C(=C)N[C@@H](C(=C)N)C1C=CC/C=C(C(=C)CC)\C=C/1.CC.CC. The van der Waals surface area contributed by atoms with Gasteiger partial charge in [-0.2, -0.15) is 0 Å². The van der Waals surface area contributed by atoms with Crippen LogP contribution in [0.25, 0.3) is 0 Å². The highest BCUT2D eigenvalue weighted by Gasteiger charge is 2.22. The number of hydrogen-bond acceptors (Lipinski definition) is 7. The molecule has 0 aromatic carbocycles. The number of allylic oxidation sites excluding steroid dienone is 9. The van der Waals surface area contributed by atoms with E-state index in [0.717, 1.165) is 24.0 Å². The molecule has 0 saturated carbocycles. The van der Waals surface area contributed by atoms with Crippen LogP contribution < -0.4 is 11.1 Å². The number of nitrogens with zero attached hydrogens (tertiary/aromatic N) is 3. The number of hydrogen-bond donors (Lipinski definition) is 2. The number of aliphatic imine (C=N–C) groups is 2. The van der Waals surface area contributed by atoms with Crippen molar-refractivity contribution in [2.45, 2.75) is 86.7 Å². The van der Waals surface area contributed by atoms with Gasteiger partial charge in [0.15, 0.2) is 11.6 Å². The Morgan fingerprint density at radius 3 is 2.19 bits per heavy atom. The normalized spacial score (nSPS) is 18.5. The summed E-state index contributed by atoms with van der Waals surface area (Å²) in [4.78, 5) is 34.5. The average Bonchev–Trinajstić information content (AvgIpc) is 2.95. The highest BCUT2D eigenvalue weighted by Crippen LogP contribution is 2.22. The maximum Gasteiger partial charge on any atom is 0.179 e. The number of likely N-dealkylation sites (N-methyl/N-ethyl adjacent to an activating group) is 1. The van der Waals surface area contributed by atoms with Crippen LogP contribution in [0, 0.1) is 5.92 Å². The third-order valence-electron chi connectivity index (χ3n) is 6.37. The molecule has 7 heteroatoms. The van der Waals surface area contributed by atoms with Crippen LogP contribution in [0.5, 0.6) is 0 Å². The monoisotopic (exact) mass is 591 g/mol. The fraction of sp³-hybridized carbons (Fsp3) is 0.444. The van der Waals surface area contributed by atoms with Crippen molar-refractivity contribution in [3.63, 3.8) is 0 Å². The number of Topliss-reactive ketones (excluding diaryl/α,β-unsaturated/α-hetero) is 2. The molecule has 0 fully saturated rings. The highest BCUT2D eigenvalue weighted by molar-refractivity contribution is 6.02. The van der Waals surface area contributed by atoms with E-state index in [1.54, 1.807) is 13.8 Å². The number of carbonyl (C=O) groups is 2. The molecule has 0 aromatic rings. The van der Waals surface area contributed by atoms with Crippen LogP contribution in [0.2, 0.25) is 0 Å². The van der Waals surface area contributed by atoms with E-state index < -0.39 is 0 Å². The van der Waals surface area contributed by atoms with Crippen molar-refractivity contribution < 1.29 is 9.59 Å². The maximum atomic E-state index is 12.0. The Kier molecular flexibility index (Phi) is 21.8. The quantitative estimate of drug-likeness (QED) is 0.117. The Balaban J connectivity index is 0. The zero-order valence-corrected chi connectivity index (χ0v) is 28.5. The first-order chi connectivity index (χ1) is 20.3. The van der Waals surface area contributed by atoms with Gasteiger partial charge in [0, 0.05) is 30.7 Å². The van der Waals surface area contributed by atoms with Gasteiger partial charge in [0.25, 0.3) is 0 Å². The summed E-state index contributed by atoms with van der Waals surface area (Å²) >= 11 is 0. The van der Waals surface area contributed by atoms with E-state index in [4.69, 9.17) is 10.7 Å². The predicted octanol–water partition coefficient (Wildman–Crippen LogP) is 7.44. The lowest BCUT2D eigenvalue weighted by molar-refractivity contribution is -0.119. The van der Waals surface area contributed by atoms with Gasteiger partial charge < -0.3 is 11.1 Å². The van der Waals surface area contributed by atoms with Gasteiger partial charge >= 0.3 is 0 Å². The lowest BCUT2D eigenvalue weighted by Crippen LogP contribution is -2.40. The van der Waals surface area contributed by atoms with Gasteiger partial charge in [-0.25, -0.2) is 0 Å². The van der Waals surface area contributed by atoms with Crippen LogP contribution in [0.4, 0.5) is 0 Å². The lowest BCUT2D eigenvalue weighted by atomic mass is 9.91. The molecule has 3 atom stereocenters. The molecule has 1 aliphatic carbocycles. The van der Waals surface area contributed by atoms with E-state index in [-0.39, 0.29) is 35.3 Å². The van der Waals surface area contributed by atoms with E-state index >= 15 is 0 Å². The summed E-state index contributed by atoms with van der Waals surface area (Å²) in [5.41, 5.74) is 10.6. The minimum atomic E-state index is -0.367. The first kappa shape index (κ1) is 41.3. The fourth-order valence-corrected chi connectivity index (χ4v) is 4.13. The number of nitrogens with one attached hydrogen (secondary N) is 1. The van der Waals surface area contributed by atoms with Crippen molar-refractivity contribution in [1.82, 2.24) is 10.2 Å². The second kappa shape index (κ2) is 22.7. The van der Waals surface area contributed by atoms with Crippen molar-refractivity contribution in [3.05, 3.63) is 96.2 Å². The van der Waals surface area contributed by atoms with Crippen LogP contribution in [0.15, 0.2) is 106 Å². The van der Waals surface area contributed by atoms with Crippen LogP contribution in [0.3, 0.4) is 0 Å². The van der Waals surface area contributed by atoms with E-state index in [2.05, 4.69) is 74.1 Å². The smallest absolute Gasteiger partial charge is 0.179 e. The molecule has 43 heavy (non-hydrogen) atoms. The summed E-state index contributed by atoms with van der Waals surface area (Å²) in [6, 6.07) is -0.733. The van der Waals surface area contributed by atoms with Gasteiger partial charge in [-0.3, -0.25) is 24.5 Å². The third-order valence-corrected chi connectivity index (χ3v) is 6.37. The molecule has 0 bridgehead atoms. The molecular weight excluding hydrogens is 534 g/mol. The topological polar surface area (TPSA) is 100 Å². The van der Waals surface area contributed by atoms with Gasteiger partial charge in [-0.1, -0.05) is 96.9 Å². The summed E-state index contributed by atoms with van der Waals surface area (Å²) in [7, 11) is 3.69. The van der Waals surface area contributed by atoms with Gasteiger partial charge in [-0.15, -0.1) is 0 Å². The van der Waals surface area contributed by atoms with Gasteiger partial charge in [0.05, 0.1) is 23.5 Å². The summed E-state index contributed by atoms with van der Waals surface area (Å²) in [6.45, 7) is 30.7. The molecule has 0 saturated heterocycles. The second-order valence-corrected chi connectivity index (χ2v) is 9.75. The van der Waals surface area contributed by atoms with E-state index in [1.165, 1.54) is 6.92 Å². The highest BCUT2D eigenvalue weighted by atomic mass is 16.1. The molecule has 7 nitrogen and oxygen atoms in total. The number of nitrogens with two attached hydrogens (primary N) is 1. The van der Waals surface area contributed by atoms with Gasteiger partial charge in [0.1, 0.15) is 5.70 Å². The number of carbonyl (C=O) groups excluding carboxylic acids is 2. The van der Waals surface area contributed by atoms with Gasteiger partial charge in [-0.05, 0) is 58.6 Å². The molecule has 0 heterocycles. The largest absolute Gasteiger partial charge is 0.401 e. The molecule has 1 aliphatic rings. The molecule has 2 unspecified atom stereocenters. The molecule has 3 N–H and O–H groups in total. The zero-order chi connectivity index (χ0) is 33.7. The van der Waals surface area contributed by atoms with Crippen LogP contribution in [-0.4, -0.2) is 55.1 Å². The molecule has 238 valence electrons. The van der Waals surface area contributed by atoms with Crippen molar-refractivity contribution >= 4 is 24.0 Å². The first-order valence-corrected chi connectivity index (χ1v) is 15.1. The van der Waals surface area contributed by atoms with Crippen LogP contribution in [-0.2, 0) is 9.59 Å². The van der Waals surface area contributed by atoms with Crippen molar-refractivity contribution in [3.8, 4) is 0 Å². The molecule has 0 aliphatic heterocycles. The lowest BCUT2D eigenvalue weighted by Gasteiger charge is -2.27. The minimum absolute atomic E-state index is 0.0269. The third kappa shape index (κ3) is 14.8. The fourth-order valence-electron chi connectivity index (χ4n) is 4.13. The van der Waals surface area contributed by atoms with E-state index in [1.807, 2.05) is 58.8 Å². The Morgan fingerprint density at radius 2 is 1.72 bits per heavy atom. The molecule has 0 spiro atoms. The molecule has 0 amide bonds. The first-order valence-electron chi connectivity index (χ1n) is 15.1. The number of rotatable bonds is 15. The van der Waals surface area contributed by atoms with E-state index in [0.29, 0.717) is 29.2 Å². The number of ketones is 2. The maximum absolute atomic E-state index is 12.0. The zero-order valence-electron chi connectivity index (χ0n) is 28.5. The van der Waals surface area contributed by atoms with E-state index in [9.17, 15) is 9.59 Å². The Hall–Kier alpha value is -3.84. The molecular formula is C36H57N5O2. The van der Waals surface area contributed by atoms with Crippen molar-refractivity contribution in [2.75, 3.05) is 14.1 Å². The van der Waals surface area contributed by atoms with Crippen LogP contribution >= 0.6 is 0 Å². The standard InChI is InChI=1S/C32H45N5O2.2C2H6/c1-11-21(2)27-15-12-13-16-28(20-19-27)31(22(3)33)36-23(4)29(35-24(5)32(34-8)26(7)39)17-14-18-30(25(6)38)37(9)10;2*1-2/h13-16,18-20,28,30-31,36H,2-4,8,11-12,17,33H2,1,5-7,9-10H3;2*1-2H3/b16-13?,18-14?,20-19-,27-15+,32-24+,35-29?;;/t28?,30?,31-;;/m0../s1. The summed E-state index contributed by atoms with van der Waals surface area (Å²) in [6.07, 6.45) is 16.2. The molecule has 1 rings (SSSR count). The Labute approximate surface area is 262 Å². The summed E-state index contributed by atoms with van der Waals surface area (Å²) < 4.78 is 0. The average molecular weight is 592 g/mol. The minimum Gasteiger partial charge on any atom is -0.401 e. The van der Waals surface area contributed by atoms with Gasteiger partial charge in [0.2, 0.25) is 0 Å². The predicted molar refractivity (Wildman–Crippen MR) is 188 cm³/mol. The van der Waals surface area contributed by atoms with Crippen LogP contribution in [0.1, 0.15) is 74.7 Å². The summed E-state index contributed by atoms with van der Waals surface area (Å²) in [5.74, 6) is -0.307. The summed E-state index contributed by atoms with van der Waals surface area (Å²) in [5, 5.41) is 3.41. The Morgan fingerprint density at radius 1 is 1.12 bits per heavy atom. The Bertz CT molecular complexity index is 1160. The second-order valence-electron chi connectivity index (χ2n) is 9.75.